The van der Waals surface area contributed by atoms with Gasteiger partial charge in [-0.05, 0) is 54.3 Å². The number of nitrogens with one attached hydrogen (secondary N) is 1. The fourth-order valence-electron chi connectivity index (χ4n) is 5.28. The maximum atomic E-state index is 13.8. The number of ketones is 1. The third-order valence-electron chi connectivity index (χ3n) is 6.54. The molecular weight excluding hydrogens is 548 g/mol. The Labute approximate surface area is 208 Å². The molecule has 2 aromatic rings. The maximum Gasteiger partial charge on any atom is 0.245 e. The number of allylic oxidation sites excluding steroid dienone is 1. The average Bonchev–Trinajstić information content (AvgIpc) is 3.00. The first-order valence-electron chi connectivity index (χ1n) is 10.4. The molecular formula is C25H20Br2N4O2. The molecule has 0 saturated heterocycles. The number of nitrogens with zero attached hydrogens (tertiary/aromatic N) is 2. The quantitative estimate of drug-likeness (QED) is 0.490. The third-order valence-corrected chi connectivity index (χ3v) is 7.56. The van der Waals surface area contributed by atoms with Crippen LogP contribution >= 0.6 is 31.9 Å². The molecule has 2 aliphatic heterocycles. The number of nitriles is 1. The summed E-state index contributed by atoms with van der Waals surface area (Å²) >= 11 is 6.93. The second-order valence-corrected chi connectivity index (χ2v) is 11.2. The topological polar surface area (TPSA) is 99.2 Å². The van der Waals surface area contributed by atoms with Crippen LogP contribution in [-0.4, -0.2) is 11.7 Å². The highest BCUT2D eigenvalue weighted by Crippen LogP contribution is 2.57. The van der Waals surface area contributed by atoms with Gasteiger partial charge in [0.25, 0.3) is 0 Å². The number of benzene rings is 2. The van der Waals surface area contributed by atoms with Crippen molar-refractivity contribution >= 4 is 54.9 Å². The second-order valence-electron chi connectivity index (χ2n) is 9.34. The second kappa shape index (κ2) is 7.31. The van der Waals surface area contributed by atoms with Crippen LogP contribution in [0.4, 0.5) is 11.4 Å². The van der Waals surface area contributed by atoms with Crippen LogP contribution in [0, 0.1) is 16.7 Å². The molecule has 3 N–H and O–H groups in total. The molecule has 0 radical (unpaired) electrons. The zero-order chi connectivity index (χ0) is 23.7. The summed E-state index contributed by atoms with van der Waals surface area (Å²) in [4.78, 5) is 29.3. The van der Waals surface area contributed by atoms with E-state index in [1.165, 1.54) is 0 Å². The molecule has 6 nitrogen and oxygen atoms in total. The summed E-state index contributed by atoms with van der Waals surface area (Å²) < 4.78 is 1.64. The lowest BCUT2D eigenvalue weighted by molar-refractivity contribution is -0.123. The number of hydrogen-bond acceptors (Lipinski definition) is 5. The number of Topliss-reactive ketones (excluding diaryl/α,β-unsaturated/α-hetero) is 1. The summed E-state index contributed by atoms with van der Waals surface area (Å²) in [6.45, 7) is 4.06. The number of carbonyl (C=O) groups excluding carboxylic acids is 2. The number of halogens is 2. The number of rotatable bonds is 1. The number of carbonyl (C=O) groups is 2. The molecule has 8 heteroatoms. The Balaban J connectivity index is 1.90. The van der Waals surface area contributed by atoms with E-state index in [2.05, 4.69) is 43.2 Å². The van der Waals surface area contributed by atoms with Gasteiger partial charge in [-0.25, -0.2) is 0 Å². The molecule has 0 fully saturated rings. The summed E-state index contributed by atoms with van der Waals surface area (Å²) in [5.41, 5.74) is 7.72. The summed E-state index contributed by atoms with van der Waals surface area (Å²) in [5, 5.41) is 13.2. The van der Waals surface area contributed by atoms with Crippen molar-refractivity contribution < 1.29 is 9.59 Å². The van der Waals surface area contributed by atoms with Gasteiger partial charge in [0.15, 0.2) is 5.78 Å². The van der Waals surface area contributed by atoms with Crippen molar-refractivity contribution in [3.63, 3.8) is 0 Å². The van der Waals surface area contributed by atoms with Gasteiger partial charge in [0, 0.05) is 43.6 Å². The largest absolute Gasteiger partial charge is 0.384 e. The third kappa shape index (κ3) is 3.02. The van der Waals surface area contributed by atoms with Crippen LogP contribution in [0.2, 0.25) is 0 Å². The molecule has 1 aliphatic carbocycles. The zero-order valence-corrected chi connectivity index (χ0v) is 21.2. The van der Waals surface area contributed by atoms with Crippen molar-refractivity contribution in [2.75, 3.05) is 10.2 Å². The highest BCUT2D eigenvalue weighted by molar-refractivity contribution is 9.10. The Hall–Kier alpha value is -2.89. The first-order valence-corrected chi connectivity index (χ1v) is 12.0. The Morgan fingerprint density at radius 1 is 1.06 bits per heavy atom. The van der Waals surface area contributed by atoms with E-state index in [4.69, 9.17) is 5.73 Å². The van der Waals surface area contributed by atoms with Crippen LogP contribution in [0.1, 0.15) is 32.3 Å². The lowest BCUT2D eigenvalue weighted by Gasteiger charge is -2.46. The first-order chi connectivity index (χ1) is 15.6. The van der Waals surface area contributed by atoms with E-state index < -0.39 is 11.3 Å². The fraction of sp³-hybridized carbons (Fsp3) is 0.240. The number of fused-ring (bicyclic) bond motifs is 3. The lowest BCUT2D eigenvalue weighted by Crippen LogP contribution is -2.52. The first kappa shape index (κ1) is 21.9. The van der Waals surface area contributed by atoms with Crippen LogP contribution in [0.25, 0.3) is 0 Å². The SMILES string of the molecule is CC1(C)CC(=O)C2=C(C1)N(c1ccc(Br)cc1)C(N)=C(C#N)C21C(=O)Nc2ccc(Br)cc21. The van der Waals surface area contributed by atoms with Crippen molar-refractivity contribution in [1.82, 2.24) is 0 Å². The summed E-state index contributed by atoms with van der Waals surface area (Å²) in [6, 6.07) is 15.1. The molecule has 1 amide bonds. The molecule has 0 bridgehead atoms. The molecule has 1 atom stereocenters. The summed E-state index contributed by atoms with van der Waals surface area (Å²) in [7, 11) is 0. The predicted molar refractivity (Wildman–Crippen MR) is 133 cm³/mol. The Kier molecular flexibility index (Phi) is 4.86. The number of hydrogen-bond donors (Lipinski definition) is 2. The summed E-state index contributed by atoms with van der Waals surface area (Å²) in [5.74, 6) is -0.412. The van der Waals surface area contributed by atoms with Gasteiger partial charge in [0.05, 0.1) is 5.57 Å². The zero-order valence-electron chi connectivity index (χ0n) is 18.0. The smallest absolute Gasteiger partial charge is 0.245 e. The monoisotopic (exact) mass is 566 g/mol. The standard InChI is InChI=1S/C25H20Br2N4O2/c1-24(2)10-19-21(20(32)11-24)25(16-9-14(27)5-8-18(16)30-23(25)33)17(12-28)22(29)31(19)15-6-3-13(26)4-7-15/h3-9H,10-11,29H2,1-2H3,(H,30,33). The van der Waals surface area contributed by atoms with Gasteiger partial charge < -0.3 is 11.1 Å². The average molecular weight is 568 g/mol. The van der Waals surface area contributed by atoms with E-state index in [1.54, 1.807) is 17.0 Å². The van der Waals surface area contributed by atoms with Crippen LogP contribution < -0.4 is 16.0 Å². The number of amides is 1. The van der Waals surface area contributed by atoms with E-state index in [0.717, 1.165) is 14.6 Å². The number of nitrogens with two attached hydrogens (primary N) is 1. The van der Waals surface area contributed by atoms with Gasteiger partial charge >= 0.3 is 0 Å². The van der Waals surface area contributed by atoms with Crippen molar-refractivity contribution in [3.8, 4) is 6.07 Å². The van der Waals surface area contributed by atoms with E-state index >= 15 is 0 Å². The van der Waals surface area contributed by atoms with Gasteiger partial charge in [-0.3, -0.25) is 14.5 Å². The normalized spacial score (nSPS) is 23.4. The minimum atomic E-state index is -1.58. The fourth-order valence-corrected chi connectivity index (χ4v) is 5.90. The van der Waals surface area contributed by atoms with Crippen molar-refractivity contribution in [1.29, 1.82) is 5.26 Å². The minimum Gasteiger partial charge on any atom is -0.384 e. The Bertz CT molecular complexity index is 1350. The molecule has 0 saturated carbocycles. The van der Waals surface area contributed by atoms with Crippen LogP contribution in [0.3, 0.4) is 0 Å². The van der Waals surface area contributed by atoms with Crippen LogP contribution in [0.5, 0.6) is 0 Å². The molecule has 1 spiro atoms. The van der Waals surface area contributed by atoms with Gasteiger partial charge in [0.2, 0.25) is 5.91 Å². The van der Waals surface area contributed by atoms with E-state index in [-0.39, 0.29) is 29.0 Å². The molecule has 1 unspecified atom stereocenters. The minimum absolute atomic E-state index is 0.0616. The highest BCUT2D eigenvalue weighted by atomic mass is 79.9. The number of anilines is 2. The molecule has 2 aromatic carbocycles. The van der Waals surface area contributed by atoms with Crippen molar-refractivity contribution in [3.05, 3.63) is 79.6 Å². The molecule has 3 aliphatic rings. The van der Waals surface area contributed by atoms with Crippen molar-refractivity contribution in [2.45, 2.75) is 32.1 Å². The van der Waals surface area contributed by atoms with Crippen molar-refractivity contribution in [2.24, 2.45) is 11.1 Å². The maximum absolute atomic E-state index is 13.8. The van der Waals surface area contributed by atoms with E-state index in [9.17, 15) is 14.9 Å². The van der Waals surface area contributed by atoms with E-state index in [0.29, 0.717) is 28.9 Å². The molecule has 166 valence electrons. The molecule has 0 aromatic heterocycles. The van der Waals surface area contributed by atoms with E-state index in [1.807, 2.05) is 44.2 Å². The highest BCUT2D eigenvalue weighted by Gasteiger charge is 2.61. The van der Waals surface area contributed by atoms with Gasteiger partial charge in [0.1, 0.15) is 17.3 Å². The Morgan fingerprint density at radius 3 is 2.39 bits per heavy atom. The lowest BCUT2D eigenvalue weighted by atomic mass is 9.61. The van der Waals surface area contributed by atoms with Crippen LogP contribution in [-0.2, 0) is 15.0 Å². The van der Waals surface area contributed by atoms with Gasteiger partial charge in [-0.2, -0.15) is 5.26 Å². The molecule has 33 heavy (non-hydrogen) atoms. The summed E-state index contributed by atoms with van der Waals surface area (Å²) in [6.07, 6.45) is 0.804. The van der Waals surface area contributed by atoms with Gasteiger partial charge in [-0.1, -0.05) is 45.7 Å². The van der Waals surface area contributed by atoms with Crippen LogP contribution in [0.15, 0.2) is 74.1 Å². The predicted octanol–water partition coefficient (Wildman–Crippen LogP) is 5.26. The van der Waals surface area contributed by atoms with Gasteiger partial charge in [-0.15, -0.1) is 0 Å². The molecule has 5 rings (SSSR count). The Morgan fingerprint density at radius 2 is 1.73 bits per heavy atom. The molecule has 2 heterocycles.